The largest absolute Gasteiger partial charge is 0.469 e. The van der Waals surface area contributed by atoms with E-state index in [0.717, 1.165) is 51.4 Å². The highest BCUT2D eigenvalue weighted by Crippen LogP contribution is 2.35. The standard InChI is InChI=1S/C32H61O8P/c1-3-5-7-9-11-13-14-15-16-17-18-19-21-22-24-26-31(33)38-28-30(29-39-41(35,36)37)40-32(34)27-25-23-20-12-10-8-6-4-2/h13-14,30H,3-12,15-29H2,1-2H3,(H2,35,36,37)/b14-13+/t30-/m1/s1. The number of ether oxygens (including phenoxy) is 2. The third kappa shape index (κ3) is 31.6. The van der Waals surface area contributed by atoms with Gasteiger partial charge in [-0.05, 0) is 38.5 Å². The molecule has 0 aliphatic carbocycles. The average Bonchev–Trinajstić information content (AvgIpc) is 2.93. The van der Waals surface area contributed by atoms with Gasteiger partial charge in [0.15, 0.2) is 6.10 Å². The molecule has 0 bridgehead atoms. The lowest BCUT2D eigenvalue weighted by atomic mass is 10.1. The first-order valence-corrected chi connectivity index (χ1v) is 18.0. The smallest absolute Gasteiger partial charge is 0.462 e. The second kappa shape index (κ2) is 28.9. The summed E-state index contributed by atoms with van der Waals surface area (Å²) in [5, 5.41) is 0. The van der Waals surface area contributed by atoms with Crippen LogP contribution in [-0.2, 0) is 28.2 Å². The first-order valence-electron chi connectivity index (χ1n) is 16.5. The van der Waals surface area contributed by atoms with Gasteiger partial charge < -0.3 is 19.3 Å². The summed E-state index contributed by atoms with van der Waals surface area (Å²) in [7, 11) is -4.73. The molecule has 0 radical (unpaired) electrons. The summed E-state index contributed by atoms with van der Waals surface area (Å²) in [6, 6.07) is 0. The van der Waals surface area contributed by atoms with E-state index in [9.17, 15) is 14.2 Å². The van der Waals surface area contributed by atoms with Crippen LogP contribution >= 0.6 is 7.82 Å². The van der Waals surface area contributed by atoms with Gasteiger partial charge in [-0.3, -0.25) is 14.1 Å². The van der Waals surface area contributed by atoms with E-state index >= 15 is 0 Å². The first-order chi connectivity index (χ1) is 19.8. The van der Waals surface area contributed by atoms with Crippen molar-refractivity contribution < 1.29 is 37.9 Å². The van der Waals surface area contributed by atoms with Gasteiger partial charge in [0.1, 0.15) is 6.61 Å². The maximum atomic E-state index is 12.2. The van der Waals surface area contributed by atoms with Gasteiger partial charge in [0.05, 0.1) is 6.61 Å². The van der Waals surface area contributed by atoms with Crippen LogP contribution in [0.4, 0.5) is 0 Å². The summed E-state index contributed by atoms with van der Waals surface area (Å²) in [6.45, 7) is 3.61. The van der Waals surface area contributed by atoms with Gasteiger partial charge >= 0.3 is 19.8 Å². The summed E-state index contributed by atoms with van der Waals surface area (Å²) in [6.07, 6.45) is 28.0. The van der Waals surface area contributed by atoms with Crippen LogP contribution in [0.1, 0.15) is 162 Å². The first kappa shape index (κ1) is 39.8. The summed E-state index contributed by atoms with van der Waals surface area (Å²) >= 11 is 0. The molecule has 0 saturated heterocycles. The number of hydrogen-bond donors (Lipinski definition) is 2. The molecule has 0 saturated carbocycles. The Morgan fingerprint density at radius 1 is 0.610 bits per heavy atom. The fourth-order valence-electron chi connectivity index (χ4n) is 4.54. The van der Waals surface area contributed by atoms with Crippen molar-refractivity contribution in [2.45, 2.75) is 168 Å². The van der Waals surface area contributed by atoms with Crippen molar-refractivity contribution in [1.29, 1.82) is 0 Å². The Morgan fingerprint density at radius 3 is 1.51 bits per heavy atom. The van der Waals surface area contributed by atoms with E-state index in [1.807, 2.05) is 0 Å². The minimum Gasteiger partial charge on any atom is -0.462 e. The molecular weight excluding hydrogens is 543 g/mol. The maximum absolute atomic E-state index is 12.2. The molecule has 0 aromatic rings. The van der Waals surface area contributed by atoms with Crippen LogP contribution in [0.3, 0.4) is 0 Å². The van der Waals surface area contributed by atoms with Gasteiger partial charge in [0.2, 0.25) is 0 Å². The van der Waals surface area contributed by atoms with Gasteiger partial charge in [-0.25, -0.2) is 4.57 Å². The molecule has 242 valence electrons. The van der Waals surface area contributed by atoms with Gasteiger partial charge in [-0.15, -0.1) is 0 Å². The third-order valence-electron chi connectivity index (χ3n) is 7.03. The molecule has 0 aliphatic heterocycles. The van der Waals surface area contributed by atoms with Crippen molar-refractivity contribution in [3.8, 4) is 0 Å². The van der Waals surface area contributed by atoms with Crippen molar-refractivity contribution >= 4 is 19.8 Å². The number of phosphoric acid groups is 1. The Morgan fingerprint density at radius 2 is 1.02 bits per heavy atom. The Labute approximate surface area is 250 Å². The second-order valence-electron chi connectivity index (χ2n) is 11.1. The Hall–Kier alpha value is -1.21. The predicted molar refractivity (Wildman–Crippen MR) is 166 cm³/mol. The molecule has 8 nitrogen and oxygen atoms in total. The maximum Gasteiger partial charge on any atom is 0.469 e. The Bertz CT molecular complexity index is 691. The summed E-state index contributed by atoms with van der Waals surface area (Å²) in [5.74, 6) is -0.892. The zero-order valence-corrected chi connectivity index (χ0v) is 27.1. The molecule has 9 heteroatoms. The number of carbonyl (C=O) groups is 2. The minimum atomic E-state index is -4.73. The normalized spacial score (nSPS) is 12.6. The lowest BCUT2D eigenvalue weighted by molar-refractivity contribution is -0.161. The van der Waals surface area contributed by atoms with Crippen molar-refractivity contribution in [2.75, 3.05) is 13.2 Å². The summed E-state index contributed by atoms with van der Waals surface area (Å²) in [5.41, 5.74) is 0. The van der Waals surface area contributed by atoms with Crippen molar-refractivity contribution in [3.63, 3.8) is 0 Å². The molecule has 0 aliphatic rings. The zero-order valence-electron chi connectivity index (χ0n) is 26.2. The fraction of sp³-hybridized carbons (Fsp3) is 0.875. The lowest BCUT2D eigenvalue weighted by Gasteiger charge is -2.18. The van der Waals surface area contributed by atoms with Crippen LogP contribution in [0, 0.1) is 0 Å². The second-order valence-corrected chi connectivity index (χ2v) is 12.4. The predicted octanol–water partition coefficient (Wildman–Crippen LogP) is 9.12. The third-order valence-corrected chi connectivity index (χ3v) is 7.52. The number of esters is 2. The van der Waals surface area contributed by atoms with E-state index in [1.54, 1.807) is 0 Å². The molecule has 0 aromatic heterocycles. The van der Waals surface area contributed by atoms with Gasteiger partial charge in [0.25, 0.3) is 0 Å². The molecule has 0 unspecified atom stereocenters. The minimum absolute atomic E-state index is 0.213. The highest BCUT2D eigenvalue weighted by molar-refractivity contribution is 7.46. The average molecular weight is 605 g/mol. The van der Waals surface area contributed by atoms with E-state index in [0.29, 0.717) is 6.42 Å². The SMILES string of the molecule is CCCCCC/C=C/CCCCCCCCCC(=O)OC[C@H](COP(=O)(O)O)OC(=O)CCCCCCCCCC. The molecule has 0 fully saturated rings. The number of carbonyl (C=O) groups excluding carboxylic acids is 2. The van der Waals surface area contributed by atoms with Crippen molar-refractivity contribution in [2.24, 2.45) is 0 Å². The molecule has 1 atom stereocenters. The van der Waals surface area contributed by atoms with Crippen LogP contribution < -0.4 is 0 Å². The fourth-order valence-corrected chi connectivity index (χ4v) is 4.90. The van der Waals surface area contributed by atoms with Crippen LogP contribution in [0.5, 0.6) is 0 Å². The van der Waals surface area contributed by atoms with Crippen LogP contribution in [0.2, 0.25) is 0 Å². The highest BCUT2D eigenvalue weighted by atomic mass is 31.2. The molecule has 2 N–H and O–H groups in total. The van der Waals surface area contributed by atoms with E-state index < -0.39 is 32.5 Å². The molecule has 0 aromatic carbocycles. The van der Waals surface area contributed by atoms with Gasteiger partial charge in [-0.2, -0.15) is 0 Å². The molecular formula is C32H61O8P. The number of hydrogen-bond acceptors (Lipinski definition) is 6. The summed E-state index contributed by atoms with van der Waals surface area (Å²) < 4.78 is 26.1. The van der Waals surface area contributed by atoms with E-state index in [1.165, 1.54) is 77.0 Å². The van der Waals surface area contributed by atoms with Crippen LogP contribution in [-0.4, -0.2) is 41.0 Å². The molecule has 0 rings (SSSR count). The van der Waals surface area contributed by atoms with Gasteiger partial charge in [-0.1, -0.05) is 122 Å². The Kier molecular flexibility index (Phi) is 28.0. The van der Waals surface area contributed by atoms with Crippen molar-refractivity contribution in [3.05, 3.63) is 12.2 Å². The number of rotatable bonds is 30. The van der Waals surface area contributed by atoms with E-state index in [-0.39, 0.29) is 19.4 Å². The molecule has 0 spiro atoms. The van der Waals surface area contributed by atoms with Crippen LogP contribution in [0.15, 0.2) is 12.2 Å². The molecule has 0 amide bonds. The molecule has 41 heavy (non-hydrogen) atoms. The number of allylic oxidation sites excluding steroid dienone is 2. The highest BCUT2D eigenvalue weighted by Gasteiger charge is 2.22. The Balaban J connectivity index is 3.97. The summed E-state index contributed by atoms with van der Waals surface area (Å²) in [4.78, 5) is 42.3. The van der Waals surface area contributed by atoms with Crippen molar-refractivity contribution in [1.82, 2.24) is 0 Å². The number of phosphoric ester groups is 1. The van der Waals surface area contributed by atoms with Gasteiger partial charge in [0, 0.05) is 12.8 Å². The topological polar surface area (TPSA) is 119 Å². The van der Waals surface area contributed by atoms with Crippen LogP contribution in [0.25, 0.3) is 0 Å². The molecule has 0 heterocycles. The monoisotopic (exact) mass is 604 g/mol. The number of unbranched alkanes of at least 4 members (excludes halogenated alkanes) is 18. The zero-order chi connectivity index (χ0) is 30.4. The quantitative estimate of drug-likeness (QED) is 0.0360. The lowest BCUT2D eigenvalue weighted by Crippen LogP contribution is -2.29. The van der Waals surface area contributed by atoms with E-state index in [4.69, 9.17) is 19.3 Å². The van der Waals surface area contributed by atoms with E-state index in [2.05, 4.69) is 30.5 Å².